The van der Waals surface area contributed by atoms with Crippen LogP contribution in [0.15, 0.2) is 139 Å². The monoisotopic (exact) mass is 697 g/mol. The summed E-state index contributed by atoms with van der Waals surface area (Å²) in [5, 5.41) is 7.84. The Labute approximate surface area is 307 Å². The first-order chi connectivity index (χ1) is 25.8. The van der Waals surface area contributed by atoms with Gasteiger partial charge in [-0.2, -0.15) is 0 Å². The van der Waals surface area contributed by atoms with Crippen LogP contribution in [0.4, 0.5) is 0 Å². The Bertz CT molecular complexity index is 2560. The minimum Gasteiger partial charge on any atom is -0.456 e. The average Bonchev–Trinajstić information content (AvgIpc) is 3.84. The molecule has 5 nitrogen and oxygen atoms in total. The first-order valence-electron chi connectivity index (χ1n) is 18.9. The molecular weight excluding hydrogens is 659 g/mol. The van der Waals surface area contributed by atoms with Crippen molar-refractivity contribution < 1.29 is 8.83 Å². The molecule has 1 N–H and O–H groups in total. The minimum absolute atomic E-state index is 0.134. The van der Waals surface area contributed by atoms with Crippen LogP contribution in [0, 0.1) is 5.92 Å². The molecule has 11 rings (SSSR count). The van der Waals surface area contributed by atoms with E-state index >= 15 is 0 Å². The van der Waals surface area contributed by atoms with Gasteiger partial charge in [0.1, 0.15) is 34.2 Å². The molecule has 2 aromatic heterocycles. The Morgan fingerprint density at radius 2 is 1.62 bits per heavy atom. The van der Waals surface area contributed by atoms with E-state index in [4.69, 9.17) is 18.8 Å². The number of amidine groups is 2. The second-order valence-corrected chi connectivity index (χ2v) is 16.2. The van der Waals surface area contributed by atoms with Crippen molar-refractivity contribution in [3.05, 3.63) is 143 Å². The number of nitrogens with zero attached hydrogens (tertiary/aromatic N) is 2. The summed E-state index contributed by atoms with van der Waals surface area (Å²) in [6, 6.07) is 30.6. The molecule has 5 atom stereocenters. The third kappa shape index (κ3) is 4.91. The van der Waals surface area contributed by atoms with E-state index in [1.54, 1.807) is 5.56 Å². The molecule has 1 fully saturated rings. The van der Waals surface area contributed by atoms with Gasteiger partial charge in [-0.3, -0.25) is 0 Å². The fraction of sp³-hybridized carbons (Fsp3) is 0.261. The zero-order valence-corrected chi connectivity index (χ0v) is 29.7. The smallest absolute Gasteiger partial charge is 0.165 e. The number of rotatable bonds is 4. The van der Waals surface area contributed by atoms with Crippen LogP contribution in [0.2, 0.25) is 0 Å². The van der Waals surface area contributed by atoms with E-state index in [0.717, 1.165) is 82.6 Å². The predicted octanol–water partition coefficient (Wildman–Crippen LogP) is 11.7. The fourth-order valence-corrected chi connectivity index (χ4v) is 11.1. The van der Waals surface area contributed by atoms with E-state index in [0.29, 0.717) is 17.1 Å². The van der Waals surface area contributed by atoms with Crippen LogP contribution in [0.3, 0.4) is 0 Å². The van der Waals surface area contributed by atoms with Crippen LogP contribution in [0.5, 0.6) is 0 Å². The lowest BCUT2D eigenvalue weighted by Gasteiger charge is -2.29. The largest absolute Gasteiger partial charge is 0.456 e. The van der Waals surface area contributed by atoms with Crippen LogP contribution in [0.25, 0.3) is 39.0 Å². The zero-order valence-electron chi connectivity index (χ0n) is 28.9. The molecule has 0 bridgehead atoms. The van der Waals surface area contributed by atoms with Gasteiger partial charge in [-0.15, -0.1) is 11.8 Å². The average molecular weight is 698 g/mol. The van der Waals surface area contributed by atoms with Crippen LogP contribution in [-0.4, -0.2) is 23.1 Å². The topological polar surface area (TPSA) is 63.0 Å². The maximum Gasteiger partial charge on any atom is 0.165 e. The summed E-state index contributed by atoms with van der Waals surface area (Å²) in [7, 11) is 0. The van der Waals surface area contributed by atoms with Crippen LogP contribution in [-0.2, 0) is 0 Å². The summed E-state index contributed by atoms with van der Waals surface area (Å²) in [6.07, 6.45) is 18.4. The van der Waals surface area contributed by atoms with Crippen molar-refractivity contribution in [2.75, 3.05) is 0 Å². The molecule has 6 heteroatoms. The molecule has 0 saturated heterocycles. The first-order valence-corrected chi connectivity index (χ1v) is 19.8. The number of hydrogen-bond acceptors (Lipinski definition) is 6. The minimum atomic E-state index is -0.235. The lowest BCUT2D eigenvalue weighted by molar-refractivity contribution is 0.573. The molecule has 2 aliphatic heterocycles. The molecule has 5 aliphatic rings. The van der Waals surface area contributed by atoms with E-state index in [1.807, 2.05) is 6.07 Å². The van der Waals surface area contributed by atoms with E-state index in [9.17, 15) is 0 Å². The normalized spacial score (nSPS) is 25.2. The predicted molar refractivity (Wildman–Crippen MR) is 214 cm³/mol. The number of benzene rings is 4. The molecule has 1 saturated carbocycles. The Kier molecular flexibility index (Phi) is 7.21. The van der Waals surface area contributed by atoms with Gasteiger partial charge in [-0.05, 0) is 79.9 Å². The second-order valence-electron chi connectivity index (χ2n) is 14.9. The number of aliphatic imine (C=N–C) groups is 2. The van der Waals surface area contributed by atoms with Crippen molar-refractivity contribution in [1.82, 2.24) is 5.32 Å². The Morgan fingerprint density at radius 3 is 2.56 bits per heavy atom. The quantitative estimate of drug-likeness (QED) is 0.199. The molecule has 4 aromatic carbocycles. The zero-order chi connectivity index (χ0) is 34.2. The summed E-state index contributed by atoms with van der Waals surface area (Å²) in [6.45, 7) is 0. The Hall–Kier alpha value is -5.07. The third-order valence-corrected chi connectivity index (χ3v) is 13.4. The highest BCUT2D eigenvalue weighted by Gasteiger charge is 2.39. The highest BCUT2D eigenvalue weighted by atomic mass is 32.2. The van der Waals surface area contributed by atoms with Crippen LogP contribution in [0.1, 0.15) is 84.8 Å². The van der Waals surface area contributed by atoms with Crippen molar-refractivity contribution in [2.24, 2.45) is 15.9 Å². The summed E-state index contributed by atoms with van der Waals surface area (Å²) < 4.78 is 13.4. The standard InChI is InChI=1S/C46H39N3O2S/c1-2-12-27(13-3-1)44-47-45(28-14-8-17-30-29-15-5-7-25-39(29)52-40(30)26-28)49-46(48-44)36-22-10-21-34-33-20-9-19-32(42(33)51-43(34)36)31-18-11-24-38-41(31)35-16-4-6-23-37(35)50-38/h1-2,4-7,9-12,15-16,19-25,28,30-31,40,44H,3,8,13-14,17-18,26H2,(H,47,48,49). The fourth-order valence-electron chi connectivity index (χ4n) is 9.52. The second kappa shape index (κ2) is 12.3. The first kappa shape index (κ1) is 30.5. The highest BCUT2D eigenvalue weighted by molar-refractivity contribution is 8.00. The van der Waals surface area contributed by atoms with Crippen molar-refractivity contribution >= 4 is 62.4 Å². The summed E-state index contributed by atoms with van der Waals surface area (Å²) >= 11 is 2.08. The van der Waals surface area contributed by atoms with Crippen molar-refractivity contribution in [3.8, 4) is 0 Å². The van der Waals surface area contributed by atoms with Gasteiger partial charge in [-0.1, -0.05) is 97.5 Å². The number of furan rings is 2. The van der Waals surface area contributed by atoms with Gasteiger partial charge in [0.25, 0.3) is 0 Å². The number of para-hydroxylation sites is 3. The molecule has 0 amide bonds. The summed E-state index contributed by atoms with van der Waals surface area (Å²) in [5.74, 6) is 4.01. The lowest BCUT2D eigenvalue weighted by atomic mass is 9.83. The molecule has 6 aromatic rings. The molecule has 256 valence electrons. The molecule has 3 aliphatic carbocycles. The summed E-state index contributed by atoms with van der Waals surface area (Å²) in [5.41, 5.74) is 9.01. The van der Waals surface area contributed by atoms with Crippen LogP contribution >= 0.6 is 11.8 Å². The van der Waals surface area contributed by atoms with Crippen molar-refractivity contribution in [3.63, 3.8) is 0 Å². The van der Waals surface area contributed by atoms with E-state index in [1.165, 1.54) is 39.8 Å². The molecule has 0 radical (unpaired) electrons. The number of fused-ring (bicyclic) bond motifs is 9. The van der Waals surface area contributed by atoms with Gasteiger partial charge in [-0.25, -0.2) is 9.98 Å². The van der Waals surface area contributed by atoms with E-state index in [-0.39, 0.29) is 12.1 Å². The Morgan fingerprint density at radius 1 is 0.769 bits per heavy atom. The third-order valence-electron chi connectivity index (χ3n) is 12.0. The molecule has 52 heavy (non-hydrogen) atoms. The molecule has 0 spiro atoms. The SMILES string of the molecule is C1=CCCC(C2N=C(c3cccc4c3oc3c(C5CC=Cc6oc7ccccc7c65)cccc34)NC(C3CCCC4c5ccccc5SC4C3)=N2)=C1. The van der Waals surface area contributed by atoms with Gasteiger partial charge < -0.3 is 14.2 Å². The lowest BCUT2D eigenvalue weighted by Crippen LogP contribution is -2.42. The van der Waals surface area contributed by atoms with Gasteiger partial charge >= 0.3 is 0 Å². The van der Waals surface area contributed by atoms with Gasteiger partial charge in [0.05, 0.1) is 5.56 Å². The van der Waals surface area contributed by atoms with Gasteiger partial charge in [0.15, 0.2) is 6.17 Å². The number of nitrogens with one attached hydrogen (secondary N) is 1. The van der Waals surface area contributed by atoms with Gasteiger partial charge in [0, 0.05) is 49.3 Å². The van der Waals surface area contributed by atoms with E-state index < -0.39 is 0 Å². The molecule has 4 heterocycles. The number of allylic oxidation sites excluding steroid dienone is 4. The van der Waals surface area contributed by atoms with E-state index in [2.05, 4.69) is 126 Å². The Balaban J connectivity index is 0.997. The maximum atomic E-state index is 7.05. The molecular formula is C46H39N3O2S. The highest BCUT2D eigenvalue weighted by Crippen LogP contribution is 2.52. The summed E-state index contributed by atoms with van der Waals surface area (Å²) in [4.78, 5) is 12.2. The van der Waals surface area contributed by atoms with Gasteiger partial charge in [0.2, 0.25) is 0 Å². The number of thioether (sulfide) groups is 1. The molecule has 5 unspecified atom stereocenters. The maximum absolute atomic E-state index is 7.05. The van der Waals surface area contributed by atoms with Crippen LogP contribution < -0.4 is 5.32 Å². The number of hydrogen-bond donors (Lipinski definition) is 1. The van der Waals surface area contributed by atoms with Crippen molar-refractivity contribution in [2.45, 2.75) is 73.1 Å². The van der Waals surface area contributed by atoms with Crippen molar-refractivity contribution in [1.29, 1.82) is 0 Å².